The number of pyridine rings is 1. The van der Waals surface area contributed by atoms with Crippen molar-refractivity contribution in [2.45, 2.75) is 32.5 Å². The molecule has 4 nitrogen and oxygen atoms in total. The zero-order valence-corrected chi connectivity index (χ0v) is 12.8. The van der Waals surface area contributed by atoms with Crippen molar-refractivity contribution in [3.63, 3.8) is 0 Å². The highest BCUT2D eigenvalue weighted by atomic mass is 32.1. The van der Waals surface area contributed by atoms with Crippen molar-refractivity contribution < 1.29 is 18.0 Å². The Labute approximate surface area is 129 Å². The van der Waals surface area contributed by atoms with Crippen LogP contribution in [0.15, 0.2) is 24.5 Å². The number of rotatable bonds is 4. The minimum absolute atomic E-state index is 0.109. The Hall–Kier alpha value is -1.96. The van der Waals surface area contributed by atoms with Crippen molar-refractivity contribution in [1.82, 2.24) is 15.3 Å². The van der Waals surface area contributed by atoms with Gasteiger partial charge in [0.15, 0.2) is 6.04 Å². The number of carbonyl (C=O) groups is 1. The molecule has 0 radical (unpaired) electrons. The number of aryl methyl sites for hydroxylation is 2. The number of aromatic nitrogens is 2. The van der Waals surface area contributed by atoms with Crippen molar-refractivity contribution in [3.05, 3.63) is 45.7 Å². The van der Waals surface area contributed by atoms with E-state index in [0.29, 0.717) is 17.1 Å². The zero-order chi connectivity index (χ0) is 16.3. The highest BCUT2D eigenvalue weighted by Gasteiger charge is 2.42. The van der Waals surface area contributed by atoms with Crippen molar-refractivity contribution in [2.24, 2.45) is 0 Å². The van der Waals surface area contributed by atoms with Crippen molar-refractivity contribution >= 4 is 17.2 Å². The molecule has 0 aromatic carbocycles. The molecule has 0 aliphatic rings. The van der Waals surface area contributed by atoms with Crippen molar-refractivity contribution in [2.75, 3.05) is 0 Å². The molecule has 0 bridgehead atoms. The number of halogens is 3. The van der Waals surface area contributed by atoms with Gasteiger partial charge in [0.1, 0.15) is 4.88 Å². The van der Waals surface area contributed by atoms with Gasteiger partial charge < -0.3 is 5.32 Å². The molecule has 0 saturated carbocycles. The molecule has 1 atom stereocenters. The Morgan fingerprint density at radius 1 is 1.45 bits per heavy atom. The fourth-order valence-corrected chi connectivity index (χ4v) is 2.90. The average molecular weight is 329 g/mol. The Bertz CT molecular complexity index is 655. The fraction of sp³-hybridized carbons (Fsp3) is 0.357. The SMILES string of the molecule is CCc1nc(C)sc1C(=O)N[C@H](c1cccnc1)C(F)(F)F. The quantitative estimate of drug-likeness (QED) is 0.935. The Kier molecular flexibility index (Phi) is 4.80. The number of amides is 1. The molecule has 0 aliphatic heterocycles. The Morgan fingerprint density at radius 2 is 2.18 bits per heavy atom. The summed E-state index contributed by atoms with van der Waals surface area (Å²) >= 11 is 1.09. The molecule has 0 spiro atoms. The summed E-state index contributed by atoms with van der Waals surface area (Å²) in [5, 5.41) is 2.69. The van der Waals surface area contributed by atoms with E-state index in [9.17, 15) is 18.0 Å². The van der Waals surface area contributed by atoms with Crippen LogP contribution in [0.25, 0.3) is 0 Å². The van der Waals surface area contributed by atoms with Crippen molar-refractivity contribution in [1.29, 1.82) is 0 Å². The third-order valence-electron chi connectivity index (χ3n) is 2.97. The first kappa shape index (κ1) is 16.4. The predicted octanol–water partition coefficient (Wildman–Crippen LogP) is 3.44. The van der Waals surface area contributed by atoms with E-state index in [2.05, 4.69) is 9.97 Å². The first-order chi connectivity index (χ1) is 10.3. The van der Waals surface area contributed by atoms with Crippen LogP contribution in [0.3, 0.4) is 0 Å². The van der Waals surface area contributed by atoms with Gasteiger partial charge in [0.05, 0.1) is 10.7 Å². The summed E-state index contributed by atoms with van der Waals surface area (Å²) in [5.74, 6) is -0.770. The van der Waals surface area contributed by atoms with Crippen LogP contribution in [0.2, 0.25) is 0 Å². The highest BCUT2D eigenvalue weighted by Crippen LogP contribution is 2.33. The maximum Gasteiger partial charge on any atom is 0.412 e. The van der Waals surface area contributed by atoms with Crippen LogP contribution in [0, 0.1) is 6.92 Å². The lowest BCUT2D eigenvalue weighted by molar-refractivity contribution is -0.155. The Morgan fingerprint density at radius 3 is 2.73 bits per heavy atom. The van der Waals surface area contributed by atoms with E-state index in [1.54, 1.807) is 13.8 Å². The lowest BCUT2D eigenvalue weighted by Crippen LogP contribution is -2.38. The number of thiazole rings is 1. The molecular formula is C14H14F3N3OS. The van der Waals surface area contributed by atoms with E-state index in [0.717, 1.165) is 17.5 Å². The van der Waals surface area contributed by atoms with E-state index in [4.69, 9.17) is 0 Å². The number of nitrogens with zero attached hydrogens (tertiary/aromatic N) is 2. The van der Waals surface area contributed by atoms with Crippen LogP contribution in [0.4, 0.5) is 13.2 Å². The molecule has 2 aromatic heterocycles. The lowest BCUT2D eigenvalue weighted by Gasteiger charge is -2.21. The van der Waals surface area contributed by atoms with Crippen LogP contribution in [-0.4, -0.2) is 22.1 Å². The second-order valence-corrected chi connectivity index (χ2v) is 5.80. The van der Waals surface area contributed by atoms with Gasteiger partial charge >= 0.3 is 6.18 Å². The first-order valence-corrected chi connectivity index (χ1v) is 7.38. The maximum atomic E-state index is 13.2. The molecule has 2 aromatic rings. The largest absolute Gasteiger partial charge is 0.412 e. The van der Waals surface area contributed by atoms with E-state index < -0.39 is 18.1 Å². The molecule has 1 amide bonds. The van der Waals surface area contributed by atoms with E-state index in [1.807, 2.05) is 5.32 Å². The van der Waals surface area contributed by atoms with E-state index in [-0.39, 0.29) is 10.4 Å². The molecular weight excluding hydrogens is 315 g/mol. The number of hydrogen-bond donors (Lipinski definition) is 1. The number of alkyl halides is 3. The van der Waals surface area contributed by atoms with Gasteiger partial charge in [-0.1, -0.05) is 13.0 Å². The van der Waals surface area contributed by atoms with Gasteiger partial charge in [0, 0.05) is 18.0 Å². The number of hydrogen-bond acceptors (Lipinski definition) is 4. The Balaban J connectivity index is 2.30. The minimum atomic E-state index is -4.61. The third-order valence-corrected chi connectivity index (χ3v) is 3.98. The van der Waals surface area contributed by atoms with Gasteiger partial charge in [-0.2, -0.15) is 13.2 Å². The standard InChI is InChI=1S/C14H14F3N3OS/c1-3-10-11(22-8(2)19-10)13(21)20-12(14(15,16)17)9-5-4-6-18-7-9/h4-7,12H,3H2,1-2H3,(H,20,21)/t12-/m1/s1. The molecule has 0 aliphatic carbocycles. The van der Waals surface area contributed by atoms with Gasteiger partial charge in [0.25, 0.3) is 5.91 Å². The summed E-state index contributed by atoms with van der Waals surface area (Å²) in [6.07, 6.45) is -1.65. The van der Waals surface area contributed by atoms with Crippen molar-refractivity contribution in [3.8, 4) is 0 Å². The van der Waals surface area contributed by atoms with Gasteiger partial charge in [-0.3, -0.25) is 9.78 Å². The van der Waals surface area contributed by atoms with Crippen LogP contribution >= 0.6 is 11.3 Å². The highest BCUT2D eigenvalue weighted by molar-refractivity contribution is 7.13. The van der Waals surface area contributed by atoms with Crippen LogP contribution in [0.1, 0.15) is 38.9 Å². The van der Waals surface area contributed by atoms with E-state index in [1.165, 1.54) is 18.3 Å². The van der Waals surface area contributed by atoms with Gasteiger partial charge in [0.2, 0.25) is 0 Å². The minimum Gasteiger partial charge on any atom is -0.336 e. The summed E-state index contributed by atoms with van der Waals surface area (Å²) in [5.41, 5.74) is 0.398. The number of nitrogens with one attached hydrogen (secondary N) is 1. The summed E-state index contributed by atoms with van der Waals surface area (Å²) < 4.78 is 39.6. The molecule has 2 heterocycles. The van der Waals surface area contributed by atoms with Crippen LogP contribution in [0.5, 0.6) is 0 Å². The summed E-state index contributed by atoms with van der Waals surface area (Å²) in [7, 11) is 0. The number of carbonyl (C=O) groups excluding carboxylic acids is 1. The van der Waals surface area contributed by atoms with Crippen LogP contribution < -0.4 is 5.32 Å². The molecule has 118 valence electrons. The normalized spacial score (nSPS) is 13.0. The van der Waals surface area contributed by atoms with Gasteiger partial charge in [-0.25, -0.2) is 4.98 Å². The lowest BCUT2D eigenvalue weighted by atomic mass is 10.1. The molecule has 8 heteroatoms. The van der Waals surface area contributed by atoms with Gasteiger partial charge in [-0.05, 0) is 19.4 Å². The topological polar surface area (TPSA) is 54.9 Å². The molecule has 0 fully saturated rings. The molecule has 22 heavy (non-hydrogen) atoms. The maximum absolute atomic E-state index is 13.2. The molecule has 0 unspecified atom stereocenters. The smallest absolute Gasteiger partial charge is 0.336 e. The molecule has 0 saturated heterocycles. The molecule has 1 N–H and O–H groups in total. The summed E-state index contributed by atoms with van der Waals surface area (Å²) in [4.78, 5) is 20.3. The third kappa shape index (κ3) is 3.62. The second-order valence-electron chi connectivity index (χ2n) is 4.60. The summed E-state index contributed by atoms with van der Waals surface area (Å²) in [6.45, 7) is 3.51. The summed E-state index contributed by atoms with van der Waals surface area (Å²) in [6, 6.07) is 0.583. The average Bonchev–Trinajstić information content (AvgIpc) is 2.85. The second kappa shape index (κ2) is 6.43. The molecule has 2 rings (SSSR count). The monoisotopic (exact) mass is 329 g/mol. The first-order valence-electron chi connectivity index (χ1n) is 6.56. The van der Waals surface area contributed by atoms with E-state index >= 15 is 0 Å². The zero-order valence-electron chi connectivity index (χ0n) is 11.9. The predicted molar refractivity (Wildman–Crippen MR) is 76.7 cm³/mol. The van der Waals surface area contributed by atoms with Crippen LogP contribution in [-0.2, 0) is 6.42 Å². The fourth-order valence-electron chi connectivity index (χ4n) is 1.98. The van der Waals surface area contributed by atoms with Gasteiger partial charge in [-0.15, -0.1) is 11.3 Å².